The summed E-state index contributed by atoms with van der Waals surface area (Å²) < 4.78 is 1.51. The molecule has 0 saturated carbocycles. The van der Waals surface area contributed by atoms with Gasteiger partial charge in [-0.05, 0) is 38.5 Å². The molecule has 0 N–H and O–H groups in total. The minimum absolute atomic E-state index is 0.405. The van der Waals surface area contributed by atoms with Crippen molar-refractivity contribution in [3.8, 4) is 0 Å². The van der Waals surface area contributed by atoms with E-state index in [1.165, 1.54) is 6.20 Å². The molecule has 0 spiro atoms. The third-order valence-corrected chi connectivity index (χ3v) is 2.93. The van der Waals surface area contributed by atoms with Crippen molar-refractivity contribution < 1.29 is 0 Å². The van der Waals surface area contributed by atoms with E-state index in [4.69, 9.17) is 11.6 Å². The Bertz CT molecular complexity index is 230. The Morgan fingerprint density at radius 1 is 1.67 bits per heavy atom. The van der Waals surface area contributed by atoms with Crippen molar-refractivity contribution in [1.29, 1.82) is 0 Å². The van der Waals surface area contributed by atoms with Gasteiger partial charge in [-0.25, -0.2) is 9.97 Å². The van der Waals surface area contributed by atoms with Crippen LogP contribution >= 0.6 is 50.1 Å². The molecule has 1 heterocycles. The van der Waals surface area contributed by atoms with Gasteiger partial charge in [0.25, 0.3) is 0 Å². The summed E-state index contributed by atoms with van der Waals surface area (Å²) in [5.41, 5.74) is 0. The SMILES string of the molecule is Clc1cnc(I)c(Br)n1. The van der Waals surface area contributed by atoms with Crippen LogP contribution < -0.4 is 0 Å². The van der Waals surface area contributed by atoms with Crippen molar-refractivity contribution in [2.75, 3.05) is 0 Å². The maximum atomic E-state index is 5.51. The Labute approximate surface area is 79.3 Å². The zero-order chi connectivity index (χ0) is 6.85. The number of hydrogen-bond acceptors (Lipinski definition) is 2. The van der Waals surface area contributed by atoms with E-state index >= 15 is 0 Å². The highest BCUT2D eigenvalue weighted by molar-refractivity contribution is 14.1. The monoisotopic (exact) mass is 318 g/mol. The predicted molar refractivity (Wildman–Crippen MR) is 47.5 cm³/mol. The smallest absolute Gasteiger partial charge is 0.148 e. The van der Waals surface area contributed by atoms with Gasteiger partial charge >= 0.3 is 0 Å². The van der Waals surface area contributed by atoms with Crippen molar-refractivity contribution >= 4 is 50.1 Å². The summed E-state index contributed by atoms with van der Waals surface area (Å²) in [5.74, 6) is 0. The molecule has 0 aromatic carbocycles. The minimum atomic E-state index is 0.405. The molecule has 0 amide bonds. The first-order chi connectivity index (χ1) is 4.20. The molecule has 0 bridgehead atoms. The van der Waals surface area contributed by atoms with Crippen LogP contribution in [0.2, 0.25) is 5.15 Å². The Balaban J connectivity index is 3.17. The lowest BCUT2D eigenvalue weighted by Gasteiger charge is -1.91. The van der Waals surface area contributed by atoms with Crippen molar-refractivity contribution in [2.45, 2.75) is 0 Å². The van der Waals surface area contributed by atoms with Crippen molar-refractivity contribution in [2.24, 2.45) is 0 Å². The Hall–Kier alpha value is 0.580. The summed E-state index contributed by atoms with van der Waals surface area (Å²) >= 11 is 10.8. The number of aromatic nitrogens is 2. The maximum absolute atomic E-state index is 5.51. The third kappa shape index (κ3) is 2.01. The second kappa shape index (κ2) is 3.12. The van der Waals surface area contributed by atoms with Gasteiger partial charge < -0.3 is 0 Å². The second-order valence-corrected chi connectivity index (χ2v) is 3.43. The molecule has 0 aliphatic rings. The molecule has 0 unspecified atom stereocenters. The lowest BCUT2D eigenvalue weighted by atomic mass is 10.8. The van der Waals surface area contributed by atoms with E-state index in [9.17, 15) is 0 Å². The fraction of sp³-hybridized carbons (Fsp3) is 0. The molecule has 48 valence electrons. The highest BCUT2D eigenvalue weighted by Gasteiger charge is 1.97. The van der Waals surface area contributed by atoms with Gasteiger partial charge in [0, 0.05) is 0 Å². The lowest BCUT2D eigenvalue weighted by molar-refractivity contribution is 1.12. The van der Waals surface area contributed by atoms with Gasteiger partial charge in [-0.2, -0.15) is 0 Å². The van der Waals surface area contributed by atoms with Crippen molar-refractivity contribution in [3.63, 3.8) is 0 Å². The normalized spacial score (nSPS) is 9.67. The first-order valence-corrected chi connectivity index (χ1v) is 4.28. The zero-order valence-electron chi connectivity index (χ0n) is 4.11. The average molecular weight is 319 g/mol. The van der Waals surface area contributed by atoms with Gasteiger partial charge in [0.05, 0.1) is 6.20 Å². The number of nitrogens with zero attached hydrogens (tertiary/aromatic N) is 2. The molecule has 0 radical (unpaired) electrons. The van der Waals surface area contributed by atoms with Crippen LogP contribution in [-0.4, -0.2) is 9.97 Å². The number of hydrogen-bond donors (Lipinski definition) is 0. The van der Waals surface area contributed by atoms with Crippen LogP contribution in [0.5, 0.6) is 0 Å². The molecule has 0 fully saturated rings. The zero-order valence-corrected chi connectivity index (χ0v) is 8.61. The van der Waals surface area contributed by atoms with E-state index < -0.39 is 0 Å². The minimum Gasteiger partial charge on any atom is -0.244 e. The topological polar surface area (TPSA) is 25.8 Å². The van der Waals surface area contributed by atoms with Gasteiger partial charge in [-0.15, -0.1) is 0 Å². The molecular weight excluding hydrogens is 318 g/mol. The first-order valence-electron chi connectivity index (χ1n) is 2.03. The Morgan fingerprint density at radius 3 is 2.78 bits per heavy atom. The van der Waals surface area contributed by atoms with E-state index in [1.807, 2.05) is 0 Å². The van der Waals surface area contributed by atoms with Gasteiger partial charge in [0.2, 0.25) is 0 Å². The molecule has 1 rings (SSSR count). The summed E-state index contributed by atoms with van der Waals surface area (Å²) in [6, 6.07) is 0. The first kappa shape index (κ1) is 7.68. The van der Waals surface area contributed by atoms with Crippen molar-refractivity contribution in [1.82, 2.24) is 9.97 Å². The fourth-order valence-corrected chi connectivity index (χ4v) is 1.12. The molecule has 1 aromatic rings. The quantitative estimate of drug-likeness (QED) is 0.687. The summed E-state index contributed by atoms with van der Waals surface area (Å²) in [6.45, 7) is 0. The van der Waals surface area contributed by atoms with E-state index in [2.05, 4.69) is 48.5 Å². The van der Waals surface area contributed by atoms with Crippen molar-refractivity contribution in [3.05, 3.63) is 19.7 Å². The fourth-order valence-electron chi connectivity index (χ4n) is 0.332. The van der Waals surface area contributed by atoms with Gasteiger partial charge in [-0.1, -0.05) is 11.6 Å². The summed E-state index contributed by atoms with van der Waals surface area (Å²) in [5, 5.41) is 0.405. The largest absolute Gasteiger partial charge is 0.244 e. The predicted octanol–water partition coefficient (Wildman–Crippen LogP) is 2.50. The lowest BCUT2D eigenvalue weighted by Crippen LogP contribution is -1.85. The third-order valence-electron chi connectivity index (χ3n) is 0.660. The molecule has 1 aromatic heterocycles. The van der Waals surface area contributed by atoms with Crippen LogP contribution in [-0.2, 0) is 0 Å². The van der Waals surface area contributed by atoms with Crippen LogP contribution in [0.1, 0.15) is 0 Å². The molecule has 9 heavy (non-hydrogen) atoms. The van der Waals surface area contributed by atoms with E-state index in [-0.39, 0.29) is 0 Å². The van der Waals surface area contributed by atoms with Crippen LogP contribution in [0.15, 0.2) is 10.8 Å². The molecule has 0 saturated heterocycles. The Morgan fingerprint density at radius 2 is 2.33 bits per heavy atom. The maximum Gasteiger partial charge on any atom is 0.148 e. The van der Waals surface area contributed by atoms with E-state index in [0.29, 0.717) is 9.76 Å². The average Bonchev–Trinajstić information content (AvgIpc) is 1.80. The summed E-state index contributed by atoms with van der Waals surface area (Å²) in [6.07, 6.45) is 1.51. The molecule has 0 aliphatic heterocycles. The highest BCUT2D eigenvalue weighted by atomic mass is 127. The molecule has 0 aliphatic carbocycles. The van der Waals surface area contributed by atoms with Crippen LogP contribution in [0.4, 0.5) is 0 Å². The number of rotatable bonds is 0. The molecule has 0 atom stereocenters. The summed E-state index contributed by atoms with van der Waals surface area (Å²) in [7, 11) is 0. The standard InChI is InChI=1S/C4HBrClIN2/c5-3-4(7)8-1-2(6)9-3/h1H. The van der Waals surface area contributed by atoms with Crippen LogP contribution in [0.25, 0.3) is 0 Å². The molecule has 5 heteroatoms. The Kier molecular flexibility index (Phi) is 2.66. The second-order valence-electron chi connectivity index (χ2n) is 1.27. The van der Waals surface area contributed by atoms with Gasteiger partial charge in [0.15, 0.2) is 0 Å². The molecule has 2 nitrogen and oxygen atoms in total. The van der Waals surface area contributed by atoms with Gasteiger partial charge in [-0.3, -0.25) is 0 Å². The van der Waals surface area contributed by atoms with Gasteiger partial charge in [0.1, 0.15) is 13.5 Å². The van der Waals surface area contributed by atoms with Crippen LogP contribution in [0, 0.1) is 3.70 Å². The van der Waals surface area contributed by atoms with E-state index in [1.54, 1.807) is 0 Å². The summed E-state index contributed by atoms with van der Waals surface area (Å²) in [4.78, 5) is 7.81. The van der Waals surface area contributed by atoms with E-state index in [0.717, 1.165) is 3.70 Å². The van der Waals surface area contributed by atoms with Crippen LogP contribution in [0.3, 0.4) is 0 Å². The molecular formula is C4HBrClIN2. The number of halogens is 3. The highest BCUT2D eigenvalue weighted by Crippen LogP contribution is 2.15.